The van der Waals surface area contributed by atoms with Gasteiger partial charge >= 0.3 is 0 Å². The minimum absolute atomic E-state index is 0.894. The van der Waals surface area contributed by atoms with Crippen LogP contribution in [0.2, 0.25) is 0 Å². The van der Waals surface area contributed by atoms with Crippen LogP contribution in [0, 0.1) is 0 Å². The molecule has 0 aliphatic rings. The van der Waals surface area contributed by atoms with Gasteiger partial charge in [0, 0.05) is 26.3 Å². The fraction of sp³-hybridized carbons (Fsp3) is 0.250. The van der Waals surface area contributed by atoms with Crippen molar-refractivity contribution in [2.45, 2.75) is 6.54 Å². The summed E-state index contributed by atoms with van der Waals surface area (Å²) in [4.78, 5) is 2.11. The first-order valence-corrected chi connectivity index (χ1v) is 6.22. The first-order valence-electron chi connectivity index (χ1n) is 6.22. The summed E-state index contributed by atoms with van der Waals surface area (Å²) < 4.78 is 0. The lowest BCUT2D eigenvalue weighted by Crippen LogP contribution is -2.08. The second-order valence-electron chi connectivity index (χ2n) is 4.63. The van der Waals surface area contributed by atoms with E-state index >= 15 is 0 Å². The molecule has 0 amide bonds. The van der Waals surface area contributed by atoms with E-state index in [2.05, 4.69) is 72.8 Å². The van der Waals surface area contributed by atoms with Gasteiger partial charge in [-0.3, -0.25) is 0 Å². The van der Waals surface area contributed by atoms with E-state index in [1.54, 1.807) is 0 Å². The summed E-state index contributed by atoms with van der Waals surface area (Å²) in [5.41, 5.74) is 5.13. The summed E-state index contributed by atoms with van der Waals surface area (Å²) in [7, 11) is 6.10. The van der Waals surface area contributed by atoms with Crippen molar-refractivity contribution in [1.29, 1.82) is 0 Å². The first-order chi connectivity index (χ1) is 8.72. The molecule has 0 bridgehead atoms. The summed E-state index contributed by atoms with van der Waals surface area (Å²) in [6.45, 7) is 0.894. The third-order valence-electron chi connectivity index (χ3n) is 3.08. The second kappa shape index (κ2) is 5.69. The van der Waals surface area contributed by atoms with E-state index in [1.165, 1.54) is 22.4 Å². The van der Waals surface area contributed by atoms with Crippen LogP contribution < -0.4 is 10.2 Å². The highest BCUT2D eigenvalue weighted by Gasteiger charge is 2.04. The number of rotatable bonds is 4. The standard InChI is InChI=1S/C16H20N2/c1-17-12-14-6-4-5-7-16(14)13-8-10-15(11-9-13)18(2)3/h4-11,17H,12H2,1-3H3. The highest BCUT2D eigenvalue weighted by atomic mass is 15.1. The Labute approximate surface area is 109 Å². The smallest absolute Gasteiger partial charge is 0.0361 e. The Bertz CT molecular complexity index is 501. The van der Waals surface area contributed by atoms with E-state index in [9.17, 15) is 0 Å². The van der Waals surface area contributed by atoms with Crippen molar-refractivity contribution in [3.05, 3.63) is 54.1 Å². The molecule has 0 saturated heterocycles. The normalized spacial score (nSPS) is 10.4. The van der Waals surface area contributed by atoms with E-state index in [1.807, 2.05) is 7.05 Å². The number of anilines is 1. The zero-order chi connectivity index (χ0) is 13.0. The molecule has 0 radical (unpaired) electrons. The second-order valence-corrected chi connectivity index (χ2v) is 4.63. The van der Waals surface area contributed by atoms with Gasteiger partial charge in [0.05, 0.1) is 0 Å². The minimum Gasteiger partial charge on any atom is -0.378 e. The van der Waals surface area contributed by atoms with Crippen LogP contribution in [-0.4, -0.2) is 21.1 Å². The Morgan fingerprint density at radius 1 is 0.944 bits per heavy atom. The van der Waals surface area contributed by atoms with E-state index < -0.39 is 0 Å². The largest absolute Gasteiger partial charge is 0.378 e. The highest BCUT2D eigenvalue weighted by Crippen LogP contribution is 2.25. The molecule has 2 rings (SSSR count). The van der Waals surface area contributed by atoms with Crippen LogP contribution in [0.3, 0.4) is 0 Å². The predicted molar refractivity (Wildman–Crippen MR) is 79.0 cm³/mol. The van der Waals surface area contributed by atoms with Crippen LogP contribution in [-0.2, 0) is 6.54 Å². The zero-order valence-corrected chi connectivity index (χ0v) is 11.3. The minimum atomic E-state index is 0.894. The van der Waals surface area contributed by atoms with Gasteiger partial charge in [-0.15, -0.1) is 0 Å². The maximum absolute atomic E-state index is 3.22. The van der Waals surface area contributed by atoms with Crippen LogP contribution in [0.15, 0.2) is 48.5 Å². The molecular formula is C16H20N2. The van der Waals surface area contributed by atoms with Crippen molar-refractivity contribution in [3.8, 4) is 11.1 Å². The number of benzene rings is 2. The van der Waals surface area contributed by atoms with Gasteiger partial charge in [0.15, 0.2) is 0 Å². The van der Waals surface area contributed by atoms with Crippen molar-refractivity contribution in [2.75, 3.05) is 26.0 Å². The van der Waals surface area contributed by atoms with Gasteiger partial charge in [0.1, 0.15) is 0 Å². The van der Waals surface area contributed by atoms with Crippen LogP contribution in [0.4, 0.5) is 5.69 Å². The molecule has 2 aromatic rings. The summed E-state index contributed by atoms with van der Waals surface area (Å²) >= 11 is 0. The molecule has 2 aromatic carbocycles. The van der Waals surface area contributed by atoms with Gasteiger partial charge in [-0.25, -0.2) is 0 Å². The Morgan fingerprint density at radius 2 is 1.61 bits per heavy atom. The average molecular weight is 240 g/mol. The molecule has 1 N–H and O–H groups in total. The number of hydrogen-bond donors (Lipinski definition) is 1. The number of nitrogens with one attached hydrogen (secondary N) is 1. The molecule has 2 heteroatoms. The van der Waals surface area contributed by atoms with Crippen LogP contribution >= 0.6 is 0 Å². The molecule has 0 unspecified atom stereocenters. The molecule has 0 atom stereocenters. The number of hydrogen-bond acceptors (Lipinski definition) is 2. The van der Waals surface area contributed by atoms with E-state index in [4.69, 9.17) is 0 Å². The van der Waals surface area contributed by atoms with E-state index in [0.29, 0.717) is 0 Å². The molecule has 0 aromatic heterocycles. The highest BCUT2D eigenvalue weighted by molar-refractivity contribution is 5.69. The van der Waals surface area contributed by atoms with E-state index in [-0.39, 0.29) is 0 Å². The molecule has 0 aliphatic carbocycles. The maximum atomic E-state index is 3.22. The van der Waals surface area contributed by atoms with Crippen LogP contribution in [0.1, 0.15) is 5.56 Å². The molecule has 94 valence electrons. The summed E-state index contributed by atoms with van der Waals surface area (Å²) in [6.07, 6.45) is 0. The molecule has 18 heavy (non-hydrogen) atoms. The lowest BCUT2D eigenvalue weighted by Gasteiger charge is -2.14. The van der Waals surface area contributed by atoms with Crippen molar-refractivity contribution < 1.29 is 0 Å². The van der Waals surface area contributed by atoms with Crippen molar-refractivity contribution in [1.82, 2.24) is 5.32 Å². The summed E-state index contributed by atoms with van der Waals surface area (Å²) in [5.74, 6) is 0. The monoisotopic (exact) mass is 240 g/mol. The van der Waals surface area contributed by atoms with Gasteiger partial charge in [0.25, 0.3) is 0 Å². The predicted octanol–water partition coefficient (Wildman–Crippen LogP) is 3.14. The van der Waals surface area contributed by atoms with Gasteiger partial charge < -0.3 is 10.2 Å². The molecule has 0 spiro atoms. The lowest BCUT2D eigenvalue weighted by atomic mass is 9.99. The Morgan fingerprint density at radius 3 is 2.22 bits per heavy atom. The van der Waals surface area contributed by atoms with Crippen molar-refractivity contribution in [3.63, 3.8) is 0 Å². The molecule has 2 nitrogen and oxygen atoms in total. The summed E-state index contributed by atoms with van der Waals surface area (Å²) in [5, 5.41) is 3.22. The van der Waals surface area contributed by atoms with Crippen molar-refractivity contribution in [2.24, 2.45) is 0 Å². The van der Waals surface area contributed by atoms with Crippen molar-refractivity contribution >= 4 is 5.69 Å². The first kappa shape index (κ1) is 12.7. The molecule has 0 aliphatic heterocycles. The molecule has 0 fully saturated rings. The Balaban J connectivity index is 2.36. The van der Waals surface area contributed by atoms with Gasteiger partial charge in [-0.05, 0) is 35.9 Å². The fourth-order valence-corrected chi connectivity index (χ4v) is 2.09. The van der Waals surface area contributed by atoms with Crippen LogP contribution in [0.5, 0.6) is 0 Å². The van der Waals surface area contributed by atoms with E-state index in [0.717, 1.165) is 6.54 Å². The third-order valence-corrected chi connectivity index (χ3v) is 3.08. The third kappa shape index (κ3) is 2.71. The van der Waals surface area contributed by atoms with Gasteiger partial charge in [0.2, 0.25) is 0 Å². The van der Waals surface area contributed by atoms with Gasteiger partial charge in [-0.2, -0.15) is 0 Å². The summed E-state index contributed by atoms with van der Waals surface area (Å²) in [6, 6.07) is 17.2. The average Bonchev–Trinajstić information content (AvgIpc) is 2.40. The molecular weight excluding hydrogens is 220 g/mol. The van der Waals surface area contributed by atoms with Gasteiger partial charge in [-0.1, -0.05) is 36.4 Å². The number of nitrogens with zero attached hydrogens (tertiary/aromatic N) is 1. The maximum Gasteiger partial charge on any atom is 0.0361 e. The van der Waals surface area contributed by atoms with Crippen LogP contribution in [0.25, 0.3) is 11.1 Å². The Hall–Kier alpha value is -1.80. The zero-order valence-electron chi connectivity index (χ0n) is 11.3. The quantitative estimate of drug-likeness (QED) is 0.883. The SMILES string of the molecule is CNCc1ccccc1-c1ccc(N(C)C)cc1. The molecule has 0 heterocycles. The fourth-order valence-electron chi connectivity index (χ4n) is 2.09. The topological polar surface area (TPSA) is 15.3 Å². The Kier molecular flexibility index (Phi) is 4.00. The lowest BCUT2D eigenvalue weighted by molar-refractivity contribution is 0.819. The molecule has 0 saturated carbocycles.